The molecule has 37 heavy (non-hydrogen) atoms. The molecule has 1 aliphatic carbocycles. The molecule has 0 spiro atoms. The molecular weight excluding hydrogens is 476 g/mol. The fourth-order valence-corrected chi connectivity index (χ4v) is 5.11. The van der Waals surface area contributed by atoms with Crippen LogP contribution in [0.3, 0.4) is 0 Å². The molecule has 2 aromatic carbocycles. The van der Waals surface area contributed by atoms with E-state index in [1.807, 2.05) is 24.3 Å². The molecule has 0 radical (unpaired) electrons. The van der Waals surface area contributed by atoms with Crippen LogP contribution < -0.4 is 15.4 Å². The predicted octanol–water partition coefficient (Wildman–Crippen LogP) is 8.06. The smallest absolute Gasteiger partial charge is 0.137 e. The second-order valence-corrected chi connectivity index (χ2v) is 10.8. The van der Waals surface area contributed by atoms with Gasteiger partial charge in [0.2, 0.25) is 0 Å². The lowest BCUT2D eigenvalue weighted by atomic mass is 9.96. The van der Waals surface area contributed by atoms with E-state index >= 15 is 0 Å². The minimum absolute atomic E-state index is 0.0318. The first-order valence-electron chi connectivity index (χ1n) is 13.4. The number of allylic oxidation sites excluding steroid dienone is 2. The van der Waals surface area contributed by atoms with Crippen molar-refractivity contribution >= 4 is 11.6 Å². The molecule has 0 bridgehead atoms. The predicted molar refractivity (Wildman–Crippen MR) is 159 cm³/mol. The monoisotopic (exact) mass is 518 g/mol. The number of hydrogen-bond acceptors (Lipinski definition) is 3. The van der Waals surface area contributed by atoms with Crippen LogP contribution >= 0.6 is 11.6 Å². The minimum Gasteiger partial charge on any atom is -0.495 e. The van der Waals surface area contributed by atoms with E-state index in [9.17, 15) is 0 Å². The summed E-state index contributed by atoms with van der Waals surface area (Å²) in [5.41, 5.74) is 4.40. The summed E-state index contributed by atoms with van der Waals surface area (Å²) < 4.78 is 5.30. The number of halogens is 1. The Hall–Kier alpha value is -2.91. The van der Waals surface area contributed by atoms with Crippen molar-refractivity contribution in [2.75, 3.05) is 13.7 Å². The number of ether oxygens (including phenoxy) is 1. The normalized spacial score (nSPS) is 19.0. The first-order chi connectivity index (χ1) is 17.8. The number of rotatable bonds is 16. The molecule has 3 rings (SSSR count). The molecule has 4 heteroatoms. The Morgan fingerprint density at radius 2 is 1.92 bits per heavy atom. The highest BCUT2D eigenvalue weighted by Crippen LogP contribution is 2.52. The summed E-state index contributed by atoms with van der Waals surface area (Å²) in [4.78, 5) is 0. The lowest BCUT2D eigenvalue weighted by molar-refractivity contribution is 0.415. The van der Waals surface area contributed by atoms with E-state index in [0.29, 0.717) is 16.7 Å². The van der Waals surface area contributed by atoms with Crippen LogP contribution in [0.1, 0.15) is 50.2 Å². The molecule has 0 amide bonds. The molecule has 0 saturated heterocycles. The van der Waals surface area contributed by atoms with Gasteiger partial charge < -0.3 is 15.4 Å². The van der Waals surface area contributed by atoms with E-state index in [-0.39, 0.29) is 6.04 Å². The van der Waals surface area contributed by atoms with E-state index in [0.717, 1.165) is 54.1 Å². The van der Waals surface area contributed by atoms with Crippen molar-refractivity contribution in [3.8, 4) is 5.75 Å². The maximum Gasteiger partial charge on any atom is 0.137 e. The van der Waals surface area contributed by atoms with Gasteiger partial charge in [0.05, 0.1) is 18.2 Å². The Morgan fingerprint density at radius 3 is 2.59 bits per heavy atom. The number of nitrogens with one attached hydrogen (secondary N) is 2. The summed E-state index contributed by atoms with van der Waals surface area (Å²) in [6, 6.07) is 16.8. The molecule has 3 unspecified atom stereocenters. The average molecular weight is 519 g/mol. The Morgan fingerprint density at radius 1 is 1.16 bits per heavy atom. The van der Waals surface area contributed by atoms with Gasteiger partial charge in [0, 0.05) is 17.9 Å². The molecule has 1 saturated carbocycles. The molecule has 1 aliphatic rings. The zero-order valence-corrected chi connectivity index (χ0v) is 23.4. The third kappa shape index (κ3) is 8.86. The zero-order valence-electron chi connectivity index (χ0n) is 22.7. The van der Waals surface area contributed by atoms with Crippen molar-refractivity contribution < 1.29 is 4.74 Å². The SMILES string of the molecule is C=C[C@H](C)CNC(=C)[C@@H](Cc1ccc(OC)c(Cl)c1)NC(=C)/C=C/CCC(C)C1CC1c1ccccc1. The summed E-state index contributed by atoms with van der Waals surface area (Å²) in [7, 11) is 1.63. The van der Waals surface area contributed by atoms with Crippen LogP contribution in [0.25, 0.3) is 0 Å². The second-order valence-electron chi connectivity index (χ2n) is 10.4. The van der Waals surface area contributed by atoms with Crippen LogP contribution in [0, 0.1) is 17.8 Å². The Balaban J connectivity index is 1.52. The van der Waals surface area contributed by atoms with E-state index in [1.165, 1.54) is 18.4 Å². The molecule has 2 aromatic rings. The van der Waals surface area contributed by atoms with Crippen molar-refractivity contribution in [3.05, 3.63) is 114 Å². The molecule has 2 N–H and O–H groups in total. The van der Waals surface area contributed by atoms with Gasteiger partial charge >= 0.3 is 0 Å². The number of benzene rings is 2. The van der Waals surface area contributed by atoms with Crippen molar-refractivity contribution in [2.24, 2.45) is 17.8 Å². The number of hydrogen-bond donors (Lipinski definition) is 2. The highest BCUT2D eigenvalue weighted by Gasteiger charge is 2.41. The largest absolute Gasteiger partial charge is 0.495 e. The van der Waals surface area contributed by atoms with Crippen LogP contribution in [0.2, 0.25) is 5.02 Å². The molecule has 0 aromatic heterocycles. The average Bonchev–Trinajstić information content (AvgIpc) is 3.71. The first kappa shape index (κ1) is 28.7. The van der Waals surface area contributed by atoms with Gasteiger partial charge in [-0.25, -0.2) is 0 Å². The summed E-state index contributed by atoms with van der Waals surface area (Å²) in [5, 5.41) is 7.63. The van der Waals surface area contributed by atoms with Gasteiger partial charge in [-0.3, -0.25) is 0 Å². The fraction of sp³-hybridized carbons (Fsp3) is 0.394. The summed E-state index contributed by atoms with van der Waals surface area (Å²) in [6.45, 7) is 17.8. The summed E-state index contributed by atoms with van der Waals surface area (Å²) in [5.74, 6) is 3.30. The zero-order chi connectivity index (χ0) is 26.8. The fourth-order valence-electron chi connectivity index (χ4n) is 4.83. The first-order valence-corrected chi connectivity index (χ1v) is 13.7. The van der Waals surface area contributed by atoms with Crippen molar-refractivity contribution in [3.63, 3.8) is 0 Å². The molecule has 1 fully saturated rings. The van der Waals surface area contributed by atoms with E-state index in [1.54, 1.807) is 7.11 Å². The quantitative estimate of drug-likeness (QED) is 0.174. The standard InChI is InChI=1S/C33H43ClN2O/c1-7-23(2)22-35-26(5)32(20-27-17-18-33(37-6)31(34)19-27)36-25(4)14-12-11-13-24(3)29-21-30(29)28-15-9-8-10-16-28/h7-10,12,14-19,23-24,29-30,32,35-36H,1,4-5,11,13,20-22H2,2-3,6H3/b14-12+/t23-,24?,29?,30?,32+/m0/s1. The molecule has 3 nitrogen and oxygen atoms in total. The highest BCUT2D eigenvalue weighted by molar-refractivity contribution is 6.32. The van der Waals surface area contributed by atoms with Crippen LogP contribution in [0.4, 0.5) is 0 Å². The van der Waals surface area contributed by atoms with Crippen LogP contribution in [0.5, 0.6) is 5.75 Å². The van der Waals surface area contributed by atoms with Gasteiger partial charge in [-0.15, -0.1) is 6.58 Å². The molecular formula is C33H43ClN2O. The minimum atomic E-state index is -0.0318. The summed E-state index contributed by atoms with van der Waals surface area (Å²) in [6.07, 6.45) is 10.6. The molecule has 5 atom stereocenters. The Labute approximate surface area is 229 Å². The lowest BCUT2D eigenvalue weighted by Gasteiger charge is -2.25. The van der Waals surface area contributed by atoms with Crippen molar-refractivity contribution in [1.82, 2.24) is 10.6 Å². The van der Waals surface area contributed by atoms with Crippen molar-refractivity contribution in [1.29, 1.82) is 0 Å². The molecule has 198 valence electrons. The van der Waals surface area contributed by atoms with Crippen LogP contribution in [-0.4, -0.2) is 19.7 Å². The van der Waals surface area contributed by atoms with Crippen LogP contribution in [-0.2, 0) is 6.42 Å². The van der Waals surface area contributed by atoms with Crippen molar-refractivity contribution in [2.45, 2.75) is 51.5 Å². The van der Waals surface area contributed by atoms with Gasteiger partial charge in [0.25, 0.3) is 0 Å². The van der Waals surface area contributed by atoms with Gasteiger partial charge in [-0.1, -0.05) is 87.2 Å². The van der Waals surface area contributed by atoms with Crippen LogP contribution in [0.15, 0.2) is 97.9 Å². The topological polar surface area (TPSA) is 33.3 Å². The maximum absolute atomic E-state index is 6.38. The molecule has 0 heterocycles. The van der Waals surface area contributed by atoms with E-state index < -0.39 is 0 Å². The van der Waals surface area contributed by atoms with Gasteiger partial charge in [-0.2, -0.15) is 0 Å². The maximum atomic E-state index is 6.38. The highest BCUT2D eigenvalue weighted by atomic mass is 35.5. The second kappa shape index (κ2) is 14.1. The van der Waals surface area contributed by atoms with Gasteiger partial charge in [0.1, 0.15) is 5.75 Å². The third-order valence-electron chi connectivity index (χ3n) is 7.40. The Kier molecular flexibility index (Phi) is 11.0. The summed E-state index contributed by atoms with van der Waals surface area (Å²) >= 11 is 6.38. The van der Waals surface area contributed by atoms with Gasteiger partial charge in [0.15, 0.2) is 0 Å². The third-order valence-corrected chi connectivity index (χ3v) is 7.69. The lowest BCUT2D eigenvalue weighted by Crippen LogP contribution is -2.38. The van der Waals surface area contributed by atoms with E-state index in [4.69, 9.17) is 16.3 Å². The Bertz CT molecular complexity index is 1080. The number of methoxy groups -OCH3 is 1. The van der Waals surface area contributed by atoms with E-state index in [2.05, 4.69) is 86.7 Å². The molecule has 0 aliphatic heterocycles. The van der Waals surface area contributed by atoms with Gasteiger partial charge in [-0.05, 0) is 78.7 Å².